The first-order valence-electron chi connectivity index (χ1n) is 10.3. The van der Waals surface area contributed by atoms with Crippen LogP contribution in [-0.4, -0.2) is 30.4 Å². The highest BCUT2D eigenvalue weighted by atomic mass is 16.4. The topological polar surface area (TPSA) is 142 Å². The van der Waals surface area contributed by atoms with Gasteiger partial charge >= 0.3 is 5.63 Å². The minimum absolute atomic E-state index is 0.0370. The zero-order chi connectivity index (χ0) is 23.6. The third kappa shape index (κ3) is 4.99. The van der Waals surface area contributed by atoms with Crippen LogP contribution >= 0.6 is 0 Å². The number of hydrogen-bond donors (Lipinski definition) is 2. The van der Waals surface area contributed by atoms with E-state index in [1.165, 1.54) is 0 Å². The van der Waals surface area contributed by atoms with E-state index in [1.54, 1.807) is 19.3 Å². The van der Waals surface area contributed by atoms with Crippen molar-refractivity contribution in [2.24, 2.45) is 5.92 Å². The van der Waals surface area contributed by atoms with Gasteiger partial charge in [-0.05, 0) is 43.4 Å². The summed E-state index contributed by atoms with van der Waals surface area (Å²) in [5.41, 5.74) is 2.03. The molecule has 2 N–H and O–H groups in total. The second-order valence-corrected chi connectivity index (χ2v) is 8.28. The molecular formula is C23H25N2O7-. The Kier molecular flexibility index (Phi) is 6.67. The van der Waals surface area contributed by atoms with E-state index in [0.29, 0.717) is 22.1 Å². The first-order valence-corrected chi connectivity index (χ1v) is 10.3. The van der Waals surface area contributed by atoms with Gasteiger partial charge in [-0.2, -0.15) is 0 Å². The normalized spacial score (nSPS) is 12.3. The molecule has 0 aliphatic heterocycles. The lowest BCUT2D eigenvalue weighted by Gasteiger charge is -2.21. The smallest absolute Gasteiger partial charge is 0.340 e. The van der Waals surface area contributed by atoms with Crippen LogP contribution in [0, 0.1) is 19.8 Å². The van der Waals surface area contributed by atoms with Crippen molar-refractivity contribution in [2.75, 3.05) is 6.54 Å². The maximum Gasteiger partial charge on any atom is 0.340 e. The maximum absolute atomic E-state index is 12.5. The summed E-state index contributed by atoms with van der Waals surface area (Å²) in [6.45, 7) is 6.85. The third-order valence-corrected chi connectivity index (χ3v) is 5.29. The maximum atomic E-state index is 12.5. The van der Waals surface area contributed by atoms with Gasteiger partial charge in [0.1, 0.15) is 11.2 Å². The van der Waals surface area contributed by atoms with Crippen LogP contribution in [0.5, 0.6) is 0 Å². The van der Waals surface area contributed by atoms with E-state index in [9.17, 15) is 24.3 Å². The fourth-order valence-electron chi connectivity index (χ4n) is 3.57. The molecule has 32 heavy (non-hydrogen) atoms. The molecule has 0 radical (unpaired) electrons. The monoisotopic (exact) mass is 441 g/mol. The Bertz CT molecular complexity index is 1250. The highest BCUT2D eigenvalue weighted by Crippen LogP contribution is 2.28. The number of aliphatic carboxylic acids is 1. The van der Waals surface area contributed by atoms with Crippen LogP contribution in [0.4, 0.5) is 0 Å². The minimum atomic E-state index is -1.38. The summed E-state index contributed by atoms with van der Waals surface area (Å²) < 4.78 is 10.8. The summed E-state index contributed by atoms with van der Waals surface area (Å²) in [6.07, 6.45) is 1.54. The molecule has 0 saturated carbocycles. The van der Waals surface area contributed by atoms with Crippen LogP contribution in [0.3, 0.4) is 0 Å². The summed E-state index contributed by atoms with van der Waals surface area (Å²) >= 11 is 0. The van der Waals surface area contributed by atoms with Crippen molar-refractivity contribution in [2.45, 2.75) is 46.6 Å². The van der Waals surface area contributed by atoms with Crippen molar-refractivity contribution >= 4 is 39.7 Å². The predicted molar refractivity (Wildman–Crippen MR) is 115 cm³/mol. The molecule has 2 amide bonds. The Morgan fingerprint density at radius 3 is 2.44 bits per heavy atom. The van der Waals surface area contributed by atoms with E-state index in [0.717, 1.165) is 10.9 Å². The molecule has 0 bridgehead atoms. The van der Waals surface area contributed by atoms with Crippen LogP contribution in [0.15, 0.2) is 32.0 Å². The number of hydrogen-bond acceptors (Lipinski definition) is 7. The molecule has 0 unspecified atom stereocenters. The van der Waals surface area contributed by atoms with Crippen molar-refractivity contribution in [3.63, 3.8) is 0 Å². The zero-order valence-corrected chi connectivity index (χ0v) is 18.4. The Balaban J connectivity index is 1.72. The van der Waals surface area contributed by atoms with Gasteiger partial charge in [0.05, 0.1) is 36.8 Å². The van der Waals surface area contributed by atoms with Gasteiger partial charge in [-0.25, -0.2) is 4.79 Å². The summed E-state index contributed by atoms with van der Waals surface area (Å²) in [4.78, 5) is 48.0. The summed E-state index contributed by atoms with van der Waals surface area (Å²) in [7, 11) is 0. The van der Waals surface area contributed by atoms with E-state index in [1.807, 2.05) is 26.8 Å². The lowest BCUT2D eigenvalue weighted by atomic mass is 10.0. The molecular weight excluding hydrogens is 416 g/mol. The minimum Gasteiger partial charge on any atom is -0.548 e. The number of aryl methyl sites for hydroxylation is 2. The van der Waals surface area contributed by atoms with E-state index in [2.05, 4.69) is 10.6 Å². The number of fused-ring (bicyclic) bond motifs is 2. The summed E-state index contributed by atoms with van der Waals surface area (Å²) in [5.74, 6) is -2.57. The molecule has 0 spiro atoms. The quantitative estimate of drug-likeness (QED) is 0.499. The molecule has 9 heteroatoms. The van der Waals surface area contributed by atoms with Crippen molar-refractivity contribution in [1.82, 2.24) is 10.6 Å². The standard InChI is InChI=1S/C23H26N2O7/c1-11(2)5-17(22(28)29)25-21(27)9-24-20(26)7-16-13(4)15-6-14-12(3)10-31-18(14)8-19(15)32-23(16)30/h6,8,10-11,17H,5,7,9H2,1-4H3,(H,24,26)(H,25,27)(H,28,29)/p-1/t17-/m0/s1. The van der Waals surface area contributed by atoms with Gasteiger partial charge < -0.3 is 29.4 Å². The average molecular weight is 441 g/mol. The van der Waals surface area contributed by atoms with Crippen LogP contribution in [0.25, 0.3) is 21.9 Å². The Labute approximate surface area is 183 Å². The Hall–Kier alpha value is -3.62. The third-order valence-electron chi connectivity index (χ3n) is 5.29. The van der Waals surface area contributed by atoms with Gasteiger partial charge in [-0.3, -0.25) is 9.59 Å². The van der Waals surface area contributed by atoms with E-state index < -0.39 is 36.0 Å². The van der Waals surface area contributed by atoms with E-state index in [4.69, 9.17) is 8.83 Å². The molecule has 3 rings (SSSR count). The van der Waals surface area contributed by atoms with Crippen LogP contribution in [0.2, 0.25) is 0 Å². The summed E-state index contributed by atoms with van der Waals surface area (Å²) in [6, 6.07) is 2.36. The number of rotatable bonds is 8. The first-order chi connectivity index (χ1) is 15.1. The molecule has 1 atom stereocenters. The second kappa shape index (κ2) is 9.25. The molecule has 0 saturated heterocycles. The van der Waals surface area contributed by atoms with Gasteiger partial charge in [-0.1, -0.05) is 13.8 Å². The Morgan fingerprint density at radius 2 is 1.78 bits per heavy atom. The molecule has 170 valence electrons. The van der Waals surface area contributed by atoms with Crippen molar-refractivity contribution in [1.29, 1.82) is 0 Å². The van der Waals surface area contributed by atoms with Gasteiger partial charge in [0, 0.05) is 16.8 Å². The van der Waals surface area contributed by atoms with Crippen molar-refractivity contribution in [3.05, 3.63) is 45.5 Å². The lowest BCUT2D eigenvalue weighted by molar-refractivity contribution is -0.308. The predicted octanol–water partition coefficient (Wildman–Crippen LogP) is 1.10. The zero-order valence-electron chi connectivity index (χ0n) is 18.4. The van der Waals surface area contributed by atoms with Crippen LogP contribution < -0.4 is 21.4 Å². The number of nitrogens with one attached hydrogen (secondary N) is 2. The van der Waals surface area contributed by atoms with Gasteiger partial charge in [0.25, 0.3) is 0 Å². The SMILES string of the molecule is Cc1coc2cc3oc(=O)c(CC(=O)NCC(=O)N[C@@H](CC(C)C)C(=O)[O-])c(C)c3cc12. The largest absolute Gasteiger partial charge is 0.548 e. The molecule has 0 aliphatic rings. The van der Waals surface area contributed by atoms with Crippen molar-refractivity contribution in [3.8, 4) is 0 Å². The van der Waals surface area contributed by atoms with Gasteiger partial charge in [0.15, 0.2) is 0 Å². The average Bonchev–Trinajstić information content (AvgIpc) is 3.07. The highest BCUT2D eigenvalue weighted by Gasteiger charge is 2.19. The van der Waals surface area contributed by atoms with Crippen LogP contribution in [0.1, 0.15) is 37.0 Å². The molecule has 2 aromatic heterocycles. The number of carboxylic acids is 1. The number of benzene rings is 1. The molecule has 9 nitrogen and oxygen atoms in total. The van der Waals surface area contributed by atoms with Crippen LogP contribution in [-0.2, 0) is 20.8 Å². The molecule has 3 aromatic rings. The number of carbonyl (C=O) groups is 3. The number of amides is 2. The summed E-state index contributed by atoms with van der Waals surface area (Å²) in [5, 5.41) is 17.5. The molecule has 1 aromatic carbocycles. The number of furan rings is 1. The number of carbonyl (C=O) groups excluding carboxylic acids is 3. The second-order valence-electron chi connectivity index (χ2n) is 8.28. The highest BCUT2D eigenvalue weighted by molar-refractivity contribution is 5.97. The van der Waals surface area contributed by atoms with Gasteiger partial charge in [0.2, 0.25) is 11.8 Å². The fraction of sp³-hybridized carbons (Fsp3) is 0.391. The van der Waals surface area contributed by atoms with Crippen molar-refractivity contribution < 1.29 is 28.3 Å². The van der Waals surface area contributed by atoms with E-state index in [-0.39, 0.29) is 24.3 Å². The number of carboxylic acid groups (broad SMARTS) is 1. The lowest BCUT2D eigenvalue weighted by Crippen LogP contribution is -2.51. The molecule has 0 aliphatic carbocycles. The Morgan fingerprint density at radius 1 is 1.06 bits per heavy atom. The van der Waals surface area contributed by atoms with Gasteiger partial charge in [-0.15, -0.1) is 0 Å². The van der Waals surface area contributed by atoms with E-state index >= 15 is 0 Å². The fourth-order valence-corrected chi connectivity index (χ4v) is 3.57. The first kappa shape index (κ1) is 23.1. The molecule has 0 fully saturated rings. The molecule has 2 heterocycles.